The molecule has 6 unspecified atom stereocenters. The molecule has 6 atom stereocenters. The Morgan fingerprint density at radius 1 is 0.912 bits per heavy atom. The second-order valence-electron chi connectivity index (χ2n) is 11.0. The number of halogens is 2. The Hall–Kier alpha value is 0.600. The summed E-state index contributed by atoms with van der Waals surface area (Å²) in [7, 11) is -1.48. The predicted molar refractivity (Wildman–Crippen MR) is 137 cm³/mol. The molecule has 34 heavy (non-hydrogen) atoms. The third kappa shape index (κ3) is 6.35. The molecule has 1 nitrogen and oxygen atoms in total. The van der Waals surface area contributed by atoms with Gasteiger partial charge in [0.05, 0.1) is 0 Å². The van der Waals surface area contributed by atoms with Gasteiger partial charge >= 0.3 is 26.2 Å². The number of allylic oxidation sites excluding steroid dienone is 8. The predicted octanol–water partition coefficient (Wildman–Crippen LogP) is 2.48. The Labute approximate surface area is 242 Å². The van der Waals surface area contributed by atoms with Crippen molar-refractivity contribution in [2.24, 2.45) is 35.0 Å². The van der Waals surface area contributed by atoms with Crippen LogP contribution in [0.1, 0.15) is 72.6 Å². The van der Waals surface area contributed by atoms with Gasteiger partial charge in [-0.2, -0.15) is 0 Å². The van der Waals surface area contributed by atoms with Gasteiger partial charge < -0.3 is 29.2 Å². The van der Waals surface area contributed by atoms with Crippen molar-refractivity contribution in [1.82, 2.24) is 0 Å². The zero-order chi connectivity index (χ0) is 21.9. The summed E-state index contributed by atoms with van der Waals surface area (Å²) < 4.78 is 6.69. The molecular weight excluding hydrogens is 555 g/mol. The fraction of sp³-hybridized carbons (Fsp3) is 0.724. The summed E-state index contributed by atoms with van der Waals surface area (Å²) in [5, 5.41) is 0. The van der Waals surface area contributed by atoms with E-state index in [-0.39, 0.29) is 51.0 Å². The van der Waals surface area contributed by atoms with Crippen LogP contribution in [0.3, 0.4) is 0 Å². The fourth-order valence-corrected chi connectivity index (χ4v) is 10.6. The van der Waals surface area contributed by atoms with E-state index >= 15 is 0 Å². The minimum Gasteiger partial charge on any atom is -1.00 e. The molecule has 0 spiro atoms. The average molecular weight is 601 g/mol. The summed E-state index contributed by atoms with van der Waals surface area (Å²) in [6.45, 7) is 10.7. The van der Waals surface area contributed by atoms with Gasteiger partial charge in [-0.1, -0.05) is 88.6 Å². The Balaban J connectivity index is 0.00000193. The van der Waals surface area contributed by atoms with Gasteiger partial charge in [-0.05, 0) is 85.2 Å². The second kappa shape index (κ2) is 14.5. The van der Waals surface area contributed by atoms with Crippen LogP contribution in [0, 0.1) is 35.0 Å². The first-order chi connectivity index (χ1) is 15.1. The van der Waals surface area contributed by atoms with E-state index < -0.39 is 8.32 Å². The van der Waals surface area contributed by atoms with Crippen molar-refractivity contribution < 1.29 is 55.4 Å². The van der Waals surface area contributed by atoms with E-state index in [0.717, 1.165) is 36.2 Å². The SMILES string of the molecule is CC[Si](CC)(CC)OCCCC(C)(C1=CC=CC1)C1C2C=CC=CC2C2CCCCC21.[Cl-].[Cl-].[Zr+2]. The van der Waals surface area contributed by atoms with Crippen LogP contribution in [0.2, 0.25) is 18.1 Å². The Bertz CT molecular complexity index is 736. The number of hydrogen-bond acceptors (Lipinski definition) is 1. The van der Waals surface area contributed by atoms with Crippen LogP contribution < -0.4 is 24.8 Å². The molecule has 0 amide bonds. The summed E-state index contributed by atoms with van der Waals surface area (Å²) in [5.74, 6) is 4.13. The van der Waals surface area contributed by atoms with Crippen LogP contribution in [0.25, 0.3) is 0 Å². The third-order valence-corrected chi connectivity index (χ3v) is 14.6. The van der Waals surface area contributed by atoms with Gasteiger partial charge in [0.1, 0.15) is 0 Å². The molecule has 0 radical (unpaired) electrons. The van der Waals surface area contributed by atoms with Crippen LogP contribution in [-0.2, 0) is 30.6 Å². The third-order valence-electron chi connectivity index (χ3n) is 9.89. The zero-order valence-electron chi connectivity index (χ0n) is 21.9. The molecule has 2 saturated carbocycles. The standard InChI is InChI=1S/C29H46OSi.2ClH.Zr/c1-5-31(6-2,7-3)30-22-14-21-29(4,23-15-8-9-16-23)28-26-19-12-10-17-24(26)25-18-11-13-20-27(25)28;;;/h8-10,12,15,17,19,24-28H,5-7,11,13-14,16,18,20-22H2,1-4H3;2*1H;/q;;;+2/p-2. The second-order valence-corrected chi connectivity index (χ2v) is 15.8. The van der Waals surface area contributed by atoms with E-state index in [9.17, 15) is 0 Å². The van der Waals surface area contributed by atoms with Crippen LogP contribution >= 0.6 is 0 Å². The van der Waals surface area contributed by atoms with Gasteiger partial charge in [-0.3, -0.25) is 0 Å². The average Bonchev–Trinajstić information content (AvgIpc) is 3.47. The van der Waals surface area contributed by atoms with E-state index in [1.165, 1.54) is 63.1 Å². The van der Waals surface area contributed by atoms with Crippen molar-refractivity contribution in [3.05, 3.63) is 48.1 Å². The summed E-state index contributed by atoms with van der Waals surface area (Å²) in [4.78, 5) is 0. The van der Waals surface area contributed by atoms with Crippen LogP contribution in [-0.4, -0.2) is 14.9 Å². The topological polar surface area (TPSA) is 9.23 Å². The van der Waals surface area contributed by atoms with Crippen LogP contribution in [0.4, 0.5) is 0 Å². The van der Waals surface area contributed by atoms with Gasteiger partial charge in [0, 0.05) is 6.61 Å². The van der Waals surface area contributed by atoms with Gasteiger partial charge in [0.2, 0.25) is 0 Å². The number of hydrogen-bond donors (Lipinski definition) is 0. The molecule has 2 fully saturated rings. The fourth-order valence-electron chi connectivity index (χ4n) is 7.92. The normalized spacial score (nSPS) is 30.8. The van der Waals surface area contributed by atoms with Crippen molar-refractivity contribution in [3.63, 3.8) is 0 Å². The molecule has 0 aromatic carbocycles. The largest absolute Gasteiger partial charge is 2.00 e. The summed E-state index contributed by atoms with van der Waals surface area (Å²) in [6.07, 6.45) is 26.5. The van der Waals surface area contributed by atoms with Gasteiger partial charge in [-0.15, -0.1) is 0 Å². The maximum Gasteiger partial charge on any atom is 2.00 e. The quantitative estimate of drug-likeness (QED) is 0.277. The molecule has 0 aliphatic heterocycles. The molecule has 0 saturated heterocycles. The number of rotatable bonds is 10. The van der Waals surface area contributed by atoms with E-state index in [2.05, 4.69) is 70.2 Å². The molecule has 190 valence electrons. The van der Waals surface area contributed by atoms with Gasteiger partial charge in [-0.25, -0.2) is 0 Å². The van der Waals surface area contributed by atoms with Crippen molar-refractivity contribution in [3.8, 4) is 0 Å². The van der Waals surface area contributed by atoms with E-state index in [4.69, 9.17) is 4.43 Å². The van der Waals surface area contributed by atoms with Gasteiger partial charge in [0.25, 0.3) is 0 Å². The first kappa shape index (κ1) is 32.6. The van der Waals surface area contributed by atoms with E-state index in [1.54, 1.807) is 5.57 Å². The monoisotopic (exact) mass is 598 g/mol. The van der Waals surface area contributed by atoms with Crippen molar-refractivity contribution >= 4 is 8.32 Å². The van der Waals surface area contributed by atoms with Crippen molar-refractivity contribution in [2.45, 2.75) is 90.8 Å². The summed E-state index contributed by atoms with van der Waals surface area (Å²) in [5.41, 5.74) is 2.01. The van der Waals surface area contributed by atoms with E-state index in [0.29, 0.717) is 5.41 Å². The Morgan fingerprint density at radius 2 is 1.53 bits per heavy atom. The maximum atomic E-state index is 6.69. The van der Waals surface area contributed by atoms with Crippen molar-refractivity contribution in [1.29, 1.82) is 0 Å². The smallest absolute Gasteiger partial charge is 1.00 e. The molecule has 0 N–H and O–H groups in total. The zero-order valence-corrected chi connectivity index (χ0v) is 26.8. The molecule has 0 heterocycles. The Kier molecular flexibility index (Phi) is 13.9. The molecule has 4 aliphatic rings. The number of fused-ring (bicyclic) bond motifs is 3. The van der Waals surface area contributed by atoms with Crippen molar-refractivity contribution in [2.75, 3.05) is 6.61 Å². The molecular formula is C29H46Cl2OSiZr. The summed E-state index contributed by atoms with van der Waals surface area (Å²) in [6, 6.07) is 3.79. The molecule has 4 aliphatic carbocycles. The molecule has 4 rings (SSSR count). The maximum absolute atomic E-state index is 6.69. The first-order valence-electron chi connectivity index (χ1n) is 13.4. The van der Waals surface area contributed by atoms with Crippen LogP contribution in [0.5, 0.6) is 0 Å². The van der Waals surface area contributed by atoms with Crippen LogP contribution in [0.15, 0.2) is 48.1 Å². The molecule has 5 heteroatoms. The van der Waals surface area contributed by atoms with E-state index in [1.807, 2.05) is 0 Å². The first-order valence-corrected chi connectivity index (χ1v) is 16.0. The molecule has 0 aromatic heterocycles. The minimum atomic E-state index is -1.48. The summed E-state index contributed by atoms with van der Waals surface area (Å²) >= 11 is 0. The molecule has 0 aromatic rings. The minimum absolute atomic E-state index is 0. The Morgan fingerprint density at radius 3 is 2.12 bits per heavy atom. The molecule has 0 bridgehead atoms. The van der Waals surface area contributed by atoms with Gasteiger partial charge in [0.15, 0.2) is 8.32 Å².